The van der Waals surface area contributed by atoms with Crippen molar-refractivity contribution in [2.45, 2.75) is 38.6 Å². The van der Waals surface area contributed by atoms with Gasteiger partial charge in [-0.25, -0.2) is 18.2 Å². The highest BCUT2D eigenvalue weighted by atomic mass is 32.1. The zero-order valence-electron chi connectivity index (χ0n) is 21.2. The van der Waals surface area contributed by atoms with Crippen LogP contribution in [0.15, 0.2) is 52.6 Å². The van der Waals surface area contributed by atoms with Crippen LogP contribution in [-0.4, -0.2) is 43.5 Å². The fraction of sp³-hybridized carbons (Fsp3) is 0.286. The number of likely N-dealkylation sites (tertiary alicyclic amines) is 1. The number of carbonyl (C=O) groups excluding carboxylic acids is 1. The first-order chi connectivity index (χ1) is 18.7. The zero-order chi connectivity index (χ0) is 27.8. The third-order valence-corrected chi connectivity index (χ3v) is 7.87. The molecule has 11 heteroatoms. The van der Waals surface area contributed by atoms with Crippen LogP contribution in [0.4, 0.5) is 13.2 Å². The standard InChI is InChI=1S/C28H25F3N4O3S/c1-3-22(18-10-20(30)12-21(31)11-18)35-24(26-32-15(2)14-39-26)33-25(36)23(28(35)38)27(37)34-9-8-17(13-34)16-4-6-19(29)7-5-16/h4-7,10-12,14,17,22,38H,3,8-9,13H2,1-2H3/t17?,22-/m0/s1. The number of aryl methyl sites for hydroxylation is 1. The van der Waals surface area contributed by atoms with Crippen LogP contribution < -0.4 is 5.56 Å². The maximum atomic E-state index is 14.2. The van der Waals surface area contributed by atoms with Crippen molar-refractivity contribution in [2.75, 3.05) is 13.1 Å². The third kappa shape index (κ3) is 5.18. The van der Waals surface area contributed by atoms with Crippen molar-refractivity contribution in [3.8, 4) is 16.7 Å². The summed E-state index contributed by atoms with van der Waals surface area (Å²) in [7, 11) is 0. The molecule has 0 spiro atoms. The van der Waals surface area contributed by atoms with Gasteiger partial charge in [0.05, 0.1) is 6.04 Å². The second kappa shape index (κ2) is 10.6. The van der Waals surface area contributed by atoms with E-state index in [9.17, 15) is 27.9 Å². The summed E-state index contributed by atoms with van der Waals surface area (Å²) in [5.74, 6) is -3.39. The van der Waals surface area contributed by atoms with Gasteiger partial charge in [0.25, 0.3) is 11.5 Å². The summed E-state index contributed by atoms with van der Waals surface area (Å²) in [4.78, 5) is 36.8. The second-order valence-electron chi connectivity index (χ2n) is 9.52. The average Bonchev–Trinajstić information content (AvgIpc) is 3.55. The lowest BCUT2D eigenvalue weighted by atomic mass is 9.98. The second-order valence-corrected chi connectivity index (χ2v) is 10.4. The highest BCUT2D eigenvalue weighted by Crippen LogP contribution is 2.36. The van der Waals surface area contributed by atoms with Crippen molar-refractivity contribution in [3.63, 3.8) is 0 Å². The average molecular weight is 555 g/mol. The molecule has 1 saturated heterocycles. The van der Waals surface area contributed by atoms with Gasteiger partial charge in [-0.15, -0.1) is 11.3 Å². The molecule has 39 heavy (non-hydrogen) atoms. The molecule has 2 aromatic heterocycles. The van der Waals surface area contributed by atoms with Crippen molar-refractivity contribution in [3.05, 3.63) is 98.0 Å². The summed E-state index contributed by atoms with van der Waals surface area (Å²) in [5, 5.41) is 13.5. The fourth-order valence-electron chi connectivity index (χ4n) is 5.06. The number of hydrogen-bond donors (Lipinski definition) is 1. The van der Waals surface area contributed by atoms with E-state index in [1.54, 1.807) is 31.4 Å². The van der Waals surface area contributed by atoms with E-state index in [-0.39, 0.29) is 36.1 Å². The van der Waals surface area contributed by atoms with Crippen molar-refractivity contribution in [1.29, 1.82) is 0 Å². The Kier molecular flexibility index (Phi) is 7.26. The Morgan fingerprint density at radius 1 is 1.10 bits per heavy atom. The van der Waals surface area contributed by atoms with Crippen molar-refractivity contribution in [2.24, 2.45) is 0 Å². The number of halogens is 3. The van der Waals surface area contributed by atoms with Crippen molar-refractivity contribution in [1.82, 2.24) is 19.4 Å². The number of thiazole rings is 1. The monoisotopic (exact) mass is 554 g/mol. The van der Waals surface area contributed by atoms with Crippen LogP contribution in [0.5, 0.6) is 5.88 Å². The minimum Gasteiger partial charge on any atom is -0.494 e. The van der Waals surface area contributed by atoms with E-state index in [1.807, 2.05) is 0 Å². The van der Waals surface area contributed by atoms with Crippen LogP contribution in [0.3, 0.4) is 0 Å². The number of carbonyl (C=O) groups is 1. The summed E-state index contributed by atoms with van der Waals surface area (Å²) in [6.45, 7) is 4.09. The molecule has 1 N–H and O–H groups in total. The maximum absolute atomic E-state index is 14.2. The molecule has 0 aliphatic carbocycles. The van der Waals surface area contributed by atoms with Gasteiger partial charge in [0.1, 0.15) is 17.5 Å². The number of nitrogens with zero attached hydrogens (tertiary/aromatic N) is 4. The molecule has 0 bridgehead atoms. The summed E-state index contributed by atoms with van der Waals surface area (Å²) in [6.07, 6.45) is 0.846. The lowest BCUT2D eigenvalue weighted by Gasteiger charge is -2.25. The summed E-state index contributed by atoms with van der Waals surface area (Å²) in [5.41, 5.74) is 0.259. The van der Waals surface area contributed by atoms with Crippen LogP contribution in [0.1, 0.15) is 58.9 Å². The van der Waals surface area contributed by atoms with Gasteiger partial charge in [0.15, 0.2) is 16.4 Å². The number of aromatic hydroxyl groups is 1. The topological polar surface area (TPSA) is 88.3 Å². The molecule has 5 rings (SSSR count). The molecule has 7 nitrogen and oxygen atoms in total. The van der Waals surface area contributed by atoms with Crippen molar-refractivity contribution < 1.29 is 23.1 Å². The number of rotatable bonds is 6. The van der Waals surface area contributed by atoms with E-state index in [2.05, 4.69) is 9.97 Å². The molecule has 1 aliphatic heterocycles. The molecule has 1 fully saturated rings. The SMILES string of the molecule is CC[C@@H](c1cc(F)cc(F)c1)n1c(-c2nc(C)cs2)nc(=O)c(C(=O)N2CCC(c3ccc(F)cc3)C2)c1O. The van der Waals surface area contributed by atoms with Gasteiger partial charge in [0, 0.05) is 36.1 Å². The minimum atomic E-state index is -0.929. The molecule has 1 aliphatic rings. The Morgan fingerprint density at radius 2 is 1.79 bits per heavy atom. The maximum Gasteiger partial charge on any atom is 0.290 e. The first-order valence-electron chi connectivity index (χ1n) is 12.4. The van der Waals surface area contributed by atoms with Crippen LogP contribution in [-0.2, 0) is 0 Å². The molecule has 0 saturated carbocycles. The van der Waals surface area contributed by atoms with E-state index in [4.69, 9.17) is 0 Å². The van der Waals surface area contributed by atoms with E-state index in [0.717, 1.165) is 23.8 Å². The van der Waals surface area contributed by atoms with Gasteiger partial charge in [-0.3, -0.25) is 14.2 Å². The zero-order valence-corrected chi connectivity index (χ0v) is 22.0. The Balaban J connectivity index is 1.60. The molecule has 1 amide bonds. The quantitative estimate of drug-likeness (QED) is 0.344. The molecular weight excluding hydrogens is 529 g/mol. The third-order valence-electron chi connectivity index (χ3n) is 6.91. The van der Waals surface area contributed by atoms with Gasteiger partial charge in [-0.05, 0) is 55.2 Å². The number of benzene rings is 2. The van der Waals surface area contributed by atoms with Gasteiger partial charge in [0.2, 0.25) is 5.88 Å². The molecule has 3 heterocycles. The highest BCUT2D eigenvalue weighted by Gasteiger charge is 2.34. The molecule has 0 radical (unpaired) electrons. The lowest BCUT2D eigenvalue weighted by Crippen LogP contribution is -2.35. The summed E-state index contributed by atoms with van der Waals surface area (Å²) >= 11 is 1.19. The van der Waals surface area contributed by atoms with Crippen LogP contribution >= 0.6 is 11.3 Å². The van der Waals surface area contributed by atoms with Crippen molar-refractivity contribution >= 4 is 17.2 Å². The van der Waals surface area contributed by atoms with Gasteiger partial charge < -0.3 is 10.0 Å². The molecule has 2 aromatic carbocycles. The Hall–Kier alpha value is -3.99. The smallest absolute Gasteiger partial charge is 0.290 e. The lowest BCUT2D eigenvalue weighted by molar-refractivity contribution is 0.0783. The predicted molar refractivity (Wildman–Crippen MR) is 140 cm³/mol. The minimum absolute atomic E-state index is 0.00530. The van der Waals surface area contributed by atoms with E-state index in [1.165, 1.54) is 32.9 Å². The first-order valence-corrected chi connectivity index (χ1v) is 13.3. The molecule has 4 aromatic rings. The van der Waals surface area contributed by atoms with Crippen LogP contribution in [0.25, 0.3) is 10.8 Å². The largest absolute Gasteiger partial charge is 0.494 e. The number of hydrogen-bond acceptors (Lipinski definition) is 6. The molecule has 202 valence electrons. The number of aromatic nitrogens is 3. The van der Waals surface area contributed by atoms with E-state index < -0.39 is 40.6 Å². The predicted octanol–water partition coefficient (Wildman–Crippen LogP) is 5.43. The summed E-state index contributed by atoms with van der Waals surface area (Å²) in [6, 6.07) is 8.19. The fourth-order valence-corrected chi connectivity index (χ4v) is 5.84. The highest BCUT2D eigenvalue weighted by molar-refractivity contribution is 7.13. The first kappa shape index (κ1) is 26.6. The molecular formula is C28H25F3N4O3S. The van der Waals surface area contributed by atoms with E-state index in [0.29, 0.717) is 23.7 Å². The Morgan fingerprint density at radius 3 is 2.41 bits per heavy atom. The van der Waals surface area contributed by atoms with Gasteiger partial charge in [-0.1, -0.05) is 19.1 Å². The molecule has 2 atom stereocenters. The van der Waals surface area contributed by atoms with E-state index >= 15 is 0 Å². The number of amides is 1. The molecule has 1 unspecified atom stereocenters. The van der Waals surface area contributed by atoms with Gasteiger partial charge in [-0.2, -0.15) is 4.98 Å². The normalized spacial score (nSPS) is 16.0. The Labute approximate surface area is 226 Å². The van der Waals surface area contributed by atoms with Crippen LogP contribution in [0, 0.1) is 24.4 Å². The van der Waals surface area contributed by atoms with Crippen LogP contribution in [0.2, 0.25) is 0 Å². The summed E-state index contributed by atoms with van der Waals surface area (Å²) < 4.78 is 43.0. The van der Waals surface area contributed by atoms with Gasteiger partial charge >= 0.3 is 0 Å². The Bertz CT molecular complexity index is 1580.